The van der Waals surface area contributed by atoms with Gasteiger partial charge in [-0.25, -0.2) is 4.79 Å². The highest BCUT2D eigenvalue weighted by Crippen LogP contribution is 2.14. The summed E-state index contributed by atoms with van der Waals surface area (Å²) in [6.07, 6.45) is 1.56. The maximum atomic E-state index is 12.2. The molecule has 0 aliphatic heterocycles. The van der Waals surface area contributed by atoms with Crippen molar-refractivity contribution in [1.82, 2.24) is 4.90 Å². The topological polar surface area (TPSA) is 77.8 Å². The van der Waals surface area contributed by atoms with Crippen LogP contribution >= 0.6 is 0 Å². The summed E-state index contributed by atoms with van der Waals surface area (Å²) in [6.45, 7) is 6.97. The molecule has 0 bridgehead atoms. The van der Waals surface area contributed by atoms with E-state index in [2.05, 4.69) is 0 Å². The van der Waals surface area contributed by atoms with Crippen LogP contribution in [0.5, 0.6) is 0 Å². The molecule has 18 heavy (non-hydrogen) atoms. The molecule has 5 heteroatoms. The van der Waals surface area contributed by atoms with Gasteiger partial charge in [-0.2, -0.15) is 0 Å². The van der Waals surface area contributed by atoms with Crippen molar-refractivity contribution in [2.24, 2.45) is 0 Å². The number of nitrogens with zero attached hydrogens (tertiary/aromatic N) is 1. The molecule has 0 atom stereocenters. The lowest BCUT2D eigenvalue weighted by Gasteiger charge is -2.30. The summed E-state index contributed by atoms with van der Waals surface area (Å²) in [7, 11) is 0. The van der Waals surface area contributed by atoms with E-state index < -0.39 is 5.97 Å². The lowest BCUT2D eigenvalue weighted by molar-refractivity contribution is -0.134. The van der Waals surface area contributed by atoms with E-state index in [4.69, 9.17) is 10.2 Å². The molecule has 0 aromatic heterocycles. The number of aliphatic hydroxyl groups excluding tert-OH is 1. The Kier molecular flexibility index (Phi) is 7.27. The molecule has 0 aromatic carbocycles. The van der Waals surface area contributed by atoms with Crippen molar-refractivity contribution in [3.8, 4) is 0 Å². The molecule has 104 valence electrons. The fourth-order valence-corrected chi connectivity index (χ4v) is 1.82. The molecule has 0 saturated heterocycles. The maximum absolute atomic E-state index is 12.2. The Morgan fingerprint density at radius 2 is 1.61 bits per heavy atom. The number of carbonyl (C=O) groups is 2. The van der Waals surface area contributed by atoms with Crippen LogP contribution in [0.25, 0.3) is 0 Å². The lowest BCUT2D eigenvalue weighted by Crippen LogP contribution is -2.42. The molecule has 0 fully saturated rings. The molecule has 0 heterocycles. The minimum Gasteiger partial charge on any atom is -0.478 e. The Bertz CT molecular complexity index is 332. The number of carboxylic acid groups (broad SMARTS) is 1. The first-order chi connectivity index (χ1) is 8.40. The first-order valence-corrected chi connectivity index (χ1v) is 6.23. The van der Waals surface area contributed by atoms with Gasteiger partial charge in [0.2, 0.25) is 5.91 Å². The first-order valence-electron chi connectivity index (χ1n) is 6.23. The van der Waals surface area contributed by atoms with Gasteiger partial charge in [-0.15, -0.1) is 0 Å². The summed E-state index contributed by atoms with van der Waals surface area (Å²) < 4.78 is 0. The van der Waals surface area contributed by atoms with Gasteiger partial charge in [0, 0.05) is 23.7 Å². The van der Waals surface area contributed by atoms with Crippen molar-refractivity contribution in [2.45, 2.75) is 46.6 Å². The number of hydrogen-bond acceptors (Lipinski definition) is 3. The number of aliphatic carboxylic acids is 1. The highest BCUT2D eigenvalue weighted by Gasteiger charge is 2.23. The summed E-state index contributed by atoms with van der Waals surface area (Å²) in [5.41, 5.74) is 0.275. The van der Waals surface area contributed by atoms with Crippen molar-refractivity contribution < 1.29 is 19.8 Å². The standard InChI is InChI=1S/C13H23NO4/c1-5-11(6-2)14(7-8-15)12(16)9(3)10(4)13(17)18/h11,15H,5-8H2,1-4H3,(H,17,18). The van der Waals surface area contributed by atoms with Crippen LogP contribution in [-0.4, -0.2) is 46.2 Å². The Hall–Kier alpha value is -1.36. The largest absolute Gasteiger partial charge is 0.478 e. The third-order valence-electron chi connectivity index (χ3n) is 3.19. The number of rotatable bonds is 7. The minimum atomic E-state index is -1.09. The normalized spacial score (nSPS) is 12.3. The third kappa shape index (κ3) is 4.14. The van der Waals surface area contributed by atoms with Crippen molar-refractivity contribution in [3.63, 3.8) is 0 Å². The maximum Gasteiger partial charge on any atom is 0.331 e. The first kappa shape index (κ1) is 16.6. The summed E-state index contributed by atoms with van der Waals surface area (Å²) >= 11 is 0. The fourth-order valence-electron chi connectivity index (χ4n) is 1.82. The Balaban J connectivity index is 5.20. The zero-order valence-electron chi connectivity index (χ0n) is 11.6. The van der Waals surface area contributed by atoms with Crippen LogP contribution in [0.2, 0.25) is 0 Å². The molecular weight excluding hydrogens is 234 g/mol. The van der Waals surface area contributed by atoms with E-state index in [9.17, 15) is 9.59 Å². The molecule has 0 spiro atoms. The van der Waals surface area contributed by atoms with Crippen LogP contribution in [0.4, 0.5) is 0 Å². The van der Waals surface area contributed by atoms with Gasteiger partial charge in [-0.3, -0.25) is 4.79 Å². The summed E-state index contributed by atoms with van der Waals surface area (Å²) in [5, 5.41) is 17.9. The Morgan fingerprint density at radius 1 is 1.11 bits per heavy atom. The SMILES string of the molecule is CCC(CC)N(CCO)C(=O)C(C)=C(C)C(=O)O. The molecule has 0 radical (unpaired) electrons. The van der Waals surface area contributed by atoms with Gasteiger partial charge < -0.3 is 15.1 Å². The summed E-state index contributed by atoms with van der Waals surface area (Å²) in [6, 6.07) is 0.0289. The van der Waals surface area contributed by atoms with Gasteiger partial charge in [-0.05, 0) is 26.7 Å². The number of amides is 1. The fraction of sp³-hybridized carbons (Fsp3) is 0.692. The second kappa shape index (κ2) is 7.87. The smallest absolute Gasteiger partial charge is 0.331 e. The summed E-state index contributed by atoms with van der Waals surface area (Å²) in [4.78, 5) is 24.6. The van der Waals surface area contributed by atoms with E-state index in [0.717, 1.165) is 12.8 Å². The monoisotopic (exact) mass is 257 g/mol. The summed E-state index contributed by atoms with van der Waals surface area (Å²) in [5.74, 6) is -1.40. The van der Waals surface area contributed by atoms with Gasteiger partial charge >= 0.3 is 5.97 Å². The highest BCUT2D eigenvalue weighted by atomic mass is 16.4. The van der Waals surface area contributed by atoms with Gasteiger partial charge in [0.05, 0.1) is 6.61 Å². The van der Waals surface area contributed by atoms with Crippen molar-refractivity contribution in [3.05, 3.63) is 11.1 Å². The van der Waals surface area contributed by atoms with Crippen LogP contribution < -0.4 is 0 Å². The molecule has 0 unspecified atom stereocenters. The van der Waals surface area contributed by atoms with Gasteiger partial charge in [-0.1, -0.05) is 13.8 Å². The number of carbonyl (C=O) groups excluding carboxylic acids is 1. The third-order valence-corrected chi connectivity index (χ3v) is 3.19. The molecule has 1 amide bonds. The molecule has 5 nitrogen and oxygen atoms in total. The van der Waals surface area contributed by atoms with Crippen LogP contribution in [0, 0.1) is 0 Å². The second-order valence-corrected chi connectivity index (χ2v) is 4.25. The molecule has 0 aliphatic rings. The van der Waals surface area contributed by atoms with Crippen molar-refractivity contribution in [2.75, 3.05) is 13.2 Å². The Morgan fingerprint density at radius 3 is 1.94 bits per heavy atom. The number of hydrogen-bond donors (Lipinski definition) is 2. The van der Waals surface area contributed by atoms with E-state index in [0.29, 0.717) is 0 Å². The predicted octanol–water partition coefficient (Wildman–Crippen LogP) is 1.42. The van der Waals surface area contributed by atoms with E-state index in [-0.39, 0.29) is 36.2 Å². The number of aliphatic hydroxyl groups is 1. The van der Waals surface area contributed by atoms with Crippen LogP contribution in [0.15, 0.2) is 11.1 Å². The molecular formula is C13H23NO4. The van der Waals surface area contributed by atoms with Gasteiger partial charge in [0.1, 0.15) is 0 Å². The van der Waals surface area contributed by atoms with E-state index >= 15 is 0 Å². The lowest BCUT2D eigenvalue weighted by atomic mass is 10.1. The van der Waals surface area contributed by atoms with Gasteiger partial charge in [0.25, 0.3) is 0 Å². The van der Waals surface area contributed by atoms with E-state index in [1.807, 2.05) is 13.8 Å². The van der Waals surface area contributed by atoms with Crippen LogP contribution in [-0.2, 0) is 9.59 Å². The number of carboxylic acids is 1. The molecule has 0 rings (SSSR count). The van der Waals surface area contributed by atoms with Crippen LogP contribution in [0.1, 0.15) is 40.5 Å². The predicted molar refractivity (Wildman–Crippen MR) is 69.2 cm³/mol. The Labute approximate surface area is 108 Å². The highest BCUT2D eigenvalue weighted by molar-refractivity contribution is 6.01. The zero-order valence-corrected chi connectivity index (χ0v) is 11.6. The van der Waals surface area contributed by atoms with E-state index in [1.165, 1.54) is 13.8 Å². The second-order valence-electron chi connectivity index (χ2n) is 4.25. The molecule has 2 N–H and O–H groups in total. The van der Waals surface area contributed by atoms with E-state index in [1.54, 1.807) is 4.90 Å². The quantitative estimate of drug-likeness (QED) is 0.676. The van der Waals surface area contributed by atoms with Crippen molar-refractivity contribution in [1.29, 1.82) is 0 Å². The zero-order chi connectivity index (χ0) is 14.3. The average molecular weight is 257 g/mol. The molecule has 0 aromatic rings. The molecule has 0 saturated carbocycles. The molecule has 0 aliphatic carbocycles. The van der Waals surface area contributed by atoms with Crippen molar-refractivity contribution >= 4 is 11.9 Å². The minimum absolute atomic E-state index is 0.0289. The van der Waals surface area contributed by atoms with Crippen LogP contribution in [0.3, 0.4) is 0 Å². The van der Waals surface area contributed by atoms with Gasteiger partial charge in [0.15, 0.2) is 0 Å². The average Bonchev–Trinajstić information content (AvgIpc) is 2.36.